The number of nitrogens with zero attached hydrogens (tertiary/aromatic N) is 2. The van der Waals surface area contributed by atoms with Gasteiger partial charge in [0.1, 0.15) is 0 Å². The van der Waals surface area contributed by atoms with E-state index < -0.39 is 12.0 Å². The lowest BCUT2D eigenvalue weighted by molar-refractivity contribution is -0.139. The summed E-state index contributed by atoms with van der Waals surface area (Å²) in [5.41, 5.74) is 3.15. The molecule has 0 radical (unpaired) electrons. The maximum absolute atomic E-state index is 12.9. The van der Waals surface area contributed by atoms with E-state index in [9.17, 15) is 9.59 Å². The summed E-state index contributed by atoms with van der Waals surface area (Å²) in [5.74, 6) is -0.406. The number of rotatable bonds is 5. The van der Waals surface area contributed by atoms with Crippen LogP contribution >= 0.6 is 0 Å². The van der Waals surface area contributed by atoms with Crippen LogP contribution in [-0.4, -0.2) is 41.2 Å². The Kier molecular flexibility index (Phi) is 5.40. The first-order valence-corrected chi connectivity index (χ1v) is 10.00. The minimum atomic E-state index is -0.539. The number of aromatic nitrogens is 1. The topological polar surface area (TPSA) is 75.6 Å². The molecule has 1 aromatic carbocycles. The number of amides is 2. The fourth-order valence-corrected chi connectivity index (χ4v) is 4.13. The Morgan fingerprint density at radius 2 is 1.97 bits per heavy atom. The molecule has 3 heterocycles. The number of carbonyl (C=O) groups excluding carboxylic acids is 2. The van der Waals surface area contributed by atoms with E-state index >= 15 is 0 Å². The number of ether oxygens (including phenoxy) is 1. The van der Waals surface area contributed by atoms with Gasteiger partial charge in [-0.15, -0.1) is 0 Å². The number of urea groups is 1. The third kappa shape index (κ3) is 3.78. The molecule has 2 N–H and O–H groups in total. The summed E-state index contributed by atoms with van der Waals surface area (Å²) in [6.45, 7) is 6.39. The lowest BCUT2D eigenvalue weighted by Crippen LogP contribution is -2.49. The normalized spacial score (nSPS) is 21.9. The van der Waals surface area contributed by atoms with Crippen molar-refractivity contribution in [3.05, 3.63) is 71.2 Å². The van der Waals surface area contributed by atoms with Crippen molar-refractivity contribution >= 4 is 12.0 Å². The average molecular weight is 394 g/mol. The molecule has 2 aromatic rings. The van der Waals surface area contributed by atoms with E-state index in [1.165, 1.54) is 5.69 Å². The Labute approximate surface area is 170 Å². The predicted octanol–water partition coefficient (Wildman–Crippen LogP) is 2.74. The van der Waals surface area contributed by atoms with Crippen LogP contribution in [0, 0.1) is 0 Å². The lowest BCUT2D eigenvalue weighted by Gasteiger charge is -2.37. The largest absolute Gasteiger partial charge is 0.463 e. The van der Waals surface area contributed by atoms with Gasteiger partial charge in [-0.2, -0.15) is 0 Å². The number of esters is 1. The first-order valence-electron chi connectivity index (χ1n) is 10.00. The summed E-state index contributed by atoms with van der Waals surface area (Å²) in [6.07, 6.45) is 2.09. The zero-order chi connectivity index (χ0) is 20.4. The van der Waals surface area contributed by atoms with Gasteiger partial charge in [-0.3, -0.25) is 4.90 Å². The van der Waals surface area contributed by atoms with Crippen LogP contribution in [0.5, 0.6) is 0 Å². The second-order valence-electron chi connectivity index (χ2n) is 7.33. The molecule has 0 aliphatic carbocycles. The number of benzene rings is 1. The molecule has 2 amide bonds. The SMILES string of the molecule is CCOC(=O)C1=C(CN2CCn3cccc3[C@H]2C)NC(=O)N[C@@H]1c1ccccc1. The van der Waals surface area contributed by atoms with E-state index in [4.69, 9.17) is 4.74 Å². The van der Waals surface area contributed by atoms with Crippen molar-refractivity contribution in [3.63, 3.8) is 0 Å². The molecule has 4 rings (SSSR count). The van der Waals surface area contributed by atoms with E-state index in [0.717, 1.165) is 18.7 Å². The van der Waals surface area contributed by atoms with Gasteiger partial charge in [0.25, 0.3) is 0 Å². The lowest BCUT2D eigenvalue weighted by atomic mass is 9.94. The standard InChI is InChI=1S/C22H26N4O3/c1-3-29-21(27)19-17(14-26-13-12-25-11-7-10-18(25)15(26)2)23-22(28)24-20(19)16-8-5-4-6-9-16/h4-11,15,20H,3,12-14H2,1-2H3,(H2,23,24,28)/t15-,20-/m1/s1. The van der Waals surface area contributed by atoms with E-state index in [0.29, 0.717) is 17.8 Å². The van der Waals surface area contributed by atoms with Crippen molar-refractivity contribution in [1.29, 1.82) is 0 Å². The minimum absolute atomic E-state index is 0.177. The highest BCUT2D eigenvalue weighted by molar-refractivity contribution is 5.95. The first-order chi connectivity index (χ1) is 14.1. The van der Waals surface area contributed by atoms with Crippen LogP contribution in [-0.2, 0) is 16.1 Å². The molecular weight excluding hydrogens is 368 g/mol. The molecule has 0 saturated carbocycles. The summed E-state index contributed by atoms with van der Waals surface area (Å²) in [5, 5.41) is 5.75. The quantitative estimate of drug-likeness (QED) is 0.765. The van der Waals surface area contributed by atoms with Crippen molar-refractivity contribution in [1.82, 2.24) is 20.1 Å². The molecule has 0 fully saturated rings. The van der Waals surface area contributed by atoms with Crippen molar-refractivity contribution in [3.8, 4) is 0 Å². The van der Waals surface area contributed by atoms with Gasteiger partial charge in [0.2, 0.25) is 0 Å². The minimum Gasteiger partial charge on any atom is -0.463 e. The van der Waals surface area contributed by atoms with Crippen LogP contribution in [0.2, 0.25) is 0 Å². The number of nitrogens with one attached hydrogen (secondary N) is 2. The van der Waals surface area contributed by atoms with Crippen LogP contribution in [0.15, 0.2) is 59.9 Å². The van der Waals surface area contributed by atoms with Gasteiger partial charge in [0, 0.05) is 43.3 Å². The fraction of sp³-hybridized carbons (Fsp3) is 0.364. The average Bonchev–Trinajstić information content (AvgIpc) is 3.20. The molecule has 29 heavy (non-hydrogen) atoms. The summed E-state index contributed by atoms with van der Waals surface area (Å²) < 4.78 is 7.59. The second-order valence-corrected chi connectivity index (χ2v) is 7.33. The van der Waals surface area contributed by atoms with Crippen molar-refractivity contribution in [2.24, 2.45) is 0 Å². The highest BCUT2D eigenvalue weighted by Crippen LogP contribution is 2.31. The third-order valence-electron chi connectivity index (χ3n) is 5.61. The second kappa shape index (κ2) is 8.13. The summed E-state index contributed by atoms with van der Waals surface area (Å²) in [4.78, 5) is 27.6. The van der Waals surface area contributed by atoms with Gasteiger partial charge in [0.05, 0.1) is 18.2 Å². The Balaban J connectivity index is 1.70. The van der Waals surface area contributed by atoms with E-state index in [2.05, 4.69) is 45.4 Å². The maximum atomic E-state index is 12.9. The van der Waals surface area contributed by atoms with Gasteiger partial charge < -0.3 is 19.9 Å². The van der Waals surface area contributed by atoms with Crippen LogP contribution in [0.1, 0.15) is 37.2 Å². The van der Waals surface area contributed by atoms with Crippen molar-refractivity contribution in [2.45, 2.75) is 32.5 Å². The summed E-state index contributed by atoms with van der Waals surface area (Å²) in [7, 11) is 0. The zero-order valence-corrected chi connectivity index (χ0v) is 16.7. The summed E-state index contributed by atoms with van der Waals surface area (Å²) >= 11 is 0. The molecular formula is C22H26N4O3. The molecule has 1 aromatic heterocycles. The van der Waals surface area contributed by atoms with Crippen LogP contribution in [0.25, 0.3) is 0 Å². The van der Waals surface area contributed by atoms with Crippen LogP contribution in [0.3, 0.4) is 0 Å². The number of carbonyl (C=O) groups is 2. The van der Waals surface area contributed by atoms with Crippen molar-refractivity contribution < 1.29 is 14.3 Å². The van der Waals surface area contributed by atoms with Gasteiger partial charge in [-0.1, -0.05) is 30.3 Å². The first kappa shape index (κ1) is 19.3. The highest BCUT2D eigenvalue weighted by atomic mass is 16.5. The maximum Gasteiger partial charge on any atom is 0.338 e. The monoisotopic (exact) mass is 394 g/mol. The smallest absolute Gasteiger partial charge is 0.338 e. The summed E-state index contributed by atoms with van der Waals surface area (Å²) in [6, 6.07) is 13.0. The molecule has 7 heteroatoms. The van der Waals surface area contributed by atoms with E-state index in [1.807, 2.05) is 30.3 Å². The van der Waals surface area contributed by atoms with E-state index in [-0.39, 0.29) is 18.7 Å². The Bertz CT molecular complexity index is 935. The number of hydrogen-bond acceptors (Lipinski definition) is 4. The predicted molar refractivity (Wildman–Crippen MR) is 109 cm³/mol. The fourth-order valence-electron chi connectivity index (χ4n) is 4.13. The third-order valence-corrected chi connectivity index (χ3v) is 5.61. The molecule has 2 aliphatic rings. The van der Waals surface area contributed by atoms with E-state index in [1.54, 1.807) is 6.92 Å². The van der Waals surface area contributed by atoms with Crippen LogP contribution in [0.4, 0.5) is 4.79 Å². The Morgan fingerprint density at radius 1 is 1.17 bits per heavy atom. The van der Waals surface area contributed by atoms with Gasteiger partial charge in [0.15, 0.2) is 0 Å². The molecule has 2 aliphatic heterocycles. The molecule has 0 saturated heterocycles. The molecule has 0 unspecified atom stereocenters. The Morgan fingerprint density at radius 3 is 2.72 bits per heavy atom. The zero-order valence-electron chi connectivity index (χ0n) is 16.7. The molecule has 152 valence electrons. The highest BCUT2D eigenvalue weighted by Gasteiger charge is 2.35. The van der Waals surface area contributed by atoms with Crippen LogP contribution < -0.4 is 10.6 Å². The Hall–Kier alpha value is -3.06. The van der Waals surface area contributed by atoms with Crippen molar-refractivity contribution in [2.75, 3.05) is 19.7 Å². The van der Waals surface area contributed by atoms with Gasteiger partial charge >= 0.3 is 12.0 Å². The van der Waals surface area contributed by atoms with Gasteiger partial charge in [-0.05, 0) is 31.5 Å². The molecule has 7 nitrogen and oxygen atoms in total. The number of fused-ring (bicyclic) bond motifs is 1. The van der Waals surface area contributed by atoms with Gasteiger partial charge in [-0.25, -0.2) is 9.59 Å². The molecule has 0 spiro atoms. The molecule has 2 atom stereocenters. The molecule has 0 bridgehead atoms. The number of hydrogen-bond donors (Lipinski definition) is 2.